The molecular formula is C29H31N3O4. The summed E-state index contributed by atoms with van der Waals surface area (Å²) in [5.41, 5.74) is 2.24. The molecular weight excluding hydrogens is 454 g/mol. The summed E-state index contributed by atoms with van der Waals surface area (Å²) in [4.78, 5) is 34.1. The van der Waals surface area contributed by atoms with Gasteiger partial charge in [0.15, 0.2) is 0 Å². The first kappa shape index (κ1) is 25.1. The quantitative estimate of drug-likeness (QED) is 0.260. The Labute approximate surface area is 211 Å². The zero-order valence-electron chi connectivity index (χ0n) is 20.6. The number of rotatable bonds is 10. The Balaban J connectivity index is 1.62. The van der Waals surface area contributed by atoms with Crippen molar-refractivity contribution in [1.29, 1.82) is 0 Å². The Morgan fingerprint density at radius 2 is 1.72 bits per heavy atom. The predicted octanol–water partition coefficient (Wildman–Crippen LogP) is 4.42. The van der Waals surface area contributed by atoms with Gasteiger partial charge < -0.3 is 19.6 Å². The van der Waals surface area contributed by atoms with Crippen LogP contribution in [0.2, 0.25) is 0 Å². The topological polar surface area (TPSA) is 83.0 Å². The summed E-state index contributed by atoms with van der Waals surface area (Å²) in [7, 11) is 0. The van der Waals surface area contributed by atoms with Crippen molar-refractivity contribution in [3.8, 4) is 5.75 Å². The second-order valence-electron chi connectivity index (χ2n) is 8.60. The number of nitrogens with zero attached hydrogens (tertiary/aromatic N) is 3. The van der Waals surface area contributed by atoms with Crippen molar-refractivity contribution in [3.05, 3.63) is 101 Å². The second-order valence-corrected chi connectivity index (χ2v) is 8.60. The summed E-state index contributed by atoms with van der Waals surface area (Å²) in [6.45, 7) is 7.23. The molecule has 7 heteroatoms. The number of carbonyl (C=O) groups excluding carboxylic acids is 2. The molecule has 1 fully saturated rings. The van der Waals surface area contributed by atoms with Gasteiger partial charge in [-0.3, -0.25) is 14.6 Å². The summed E-state index contributed by atoms with van der Waals surface area (Å²) < 4.78 is 5.83. The number of ether oxygens (including phenoxy) is 1. The molecule has 1 amide bonds. The van der Waals surface area contributed by atoms with E-state index >= 15 is 0 Å². The molecule has 1 unspecified atom stereocenters. The van der Waals surface area contributed by atoms with Gasteiger partial charge in [-0.15, -0.1) is 0 Å². The van der Waals surface area contributed by atoms with E-state index in [2.05, 4.69) is 23.7 Å². The van der Waals surface area contributed by atoms with Crippen molar-refractivity contribution in [1.82, 2.24) is 14.8 Å². The maximum Gasteiger partial charge on any atom is 0.295 e. The summed E-state index contributed by atoms with van der Waals surface area (Å²) >= 11 is 0. The molecule has 0 aliphatic carbocycles. The molecule has 0 saturated carbocycles. The van der Waals surface area contributed by atoms with E-state index < -0.39 is 17.7 Å². The van der Waals surface area contributed by atoms with Gasteiger partial charge >= 0.3 is 0 Å². The van der Waals surface area contributed by atoms with E-state index in [0.717, 1.165) is 18.7 Å². The minimum Gasteiger partial charge on any atom is -0.507 e. The van der Waals surface area contributed by atoms with Crippen LogP contribution in [0.4, 0.5) is 0 Å². The zero-order valence-corrected chi connectivity index (χ0v) is 20.6. The normalized spacial score (nSPS) is 17.1. The fourth-order valence-electron chi connectivity index (χ4n) is 4.39. The van der Waals surface area contributed by atoms with Gasteiger partial charge in [-0.25, -0.2) is 0 Å². The summed E-state index contributed by atoms with van der Waals surface area (Å²) in [6, 6.07) is 19.6. The third-order valence-corrected chi connectivity index (χ3v) is 6.47. The molecule has 36 heavy (non-hydrogen) atoms. The van der Waals surface area contributed by atoms with Crippen LogP contribution in [0.1, 0.15) is 36.6 Å². The van der Waals surface area contributed by atoms with Crippen molar-refractivity contribution in [2.75, 3.05) is 26.2 Å². The van der Waals surface area contributed by atoms with Gasteiger partial charge in [-0.1, -0.05) is 50.2 Å². The third kappa shape index (κ3) is 5.47. The largest absolute Gasteiger partial charge is 0.507 e. The number of Topliss-reactive ketones (excluding diaryl/α,β-unsaturated/α-hetero) is 1. The second kappa shape index (κ2) is 11.6. The van der Waals surface area contributed by atoms with Crippen LogP contribution >= 0.6 is 0 Å². The smallest absolute Gasteiger partial charge is 0.295 e. The highest BCUT2D eigenvalue weighted by molar-refractivity contribution is 6.46. The fourth-order valence-corrected chi connectivity index (χ4v) is 4.39. The molecule has 1 aliphatic heterocycles. The van der Waals surface area contributed by atoms with Crippen LogP contribution < -0.4 is 4.74 Å². The first-order valence-electron chi connectivity index (χ1n) is 12.2. The standard InChI is InChI=1S/C29H31N3O4/c1-3-31(4-2)17-18-32-26(23-11-8-16-30-19-23)25(28(34)29(32)35)27(33)22-12-14-24(15-13-22)36-20-21-9-6-5-7-10-21/h5-16,19,26,33H,3-4,17-18,20H2,1-2H3/b27-25-. The predicted molar refractivity (Wildman–Crippen MR) is 138 cm³/mol. The third-order valence-electron chi connectivity index (χ3n) is 6.47. The minimum absolute atomic E-state index is 0.0745. The highest BCUT2D eigenvalue weighted by atomic mass is 16.5. The van der Waals surface area contributed by atoms with Gasteiger partial charge in [-0.05, 0) is 54.5 Å². The maximum atomic E-state index is 13.2. The Morgan fingerprint density at radius 1 is 1.00 bits per heavy atom. The van der Waals surface area contributed by atoms with E-state index in [1.54, 1.807) is 47.6 Å². The number of likely N-dealkylation sites (N-methyl/N-ethyl adjacent to an activating group) is 1. The molecule has 0 radical (unpaired) electrons. The van der Waals surface area contributed by atoms with E-state index in [0.29, 0.717) is 36.6 Å². The molecule has 1 N–H and O–H groups in total. The lowest BCUT2D eigenvalue weighted by Crippen LogP contribution is -2.38. The Bertz CT molecular complexity index is 1210. The van der Waals surface area contributed by atoms with Gasteiger partial charge in [0.1, 0.15) is 18.1 Å². The Hall–Kier alpha value is -3.97. The number of aliphatic hydroxyl groups excluding tert-OH is 1. The van der Waals surface area contributed by atoms with E-state index in [1.165, 1.54) is 0 Å². The van der Waals surface area contributed by atoms with Crippen molar-refractivity contribution in [2.45, 2.75) is 26.5 Å². The zero-order chi connectivity index (χ0) is 25.5. The molecule has 1 aliphatic rings. The van der Waals surface area contributed by atoms with Crippen LogP contribution in [0.25, 0.3) is 5.76 Å². The van der Waals surface area contributed by atoms with Gasteiger partial charge in [0.05, 0.1) is 11.6 Å². The average molecular weight is 486 g/mol. The molecule has 1 saturated heterocycles. The summed E-state index contributed by atoms with van der Waals surface area (Å²) in [5, 5.41) is 11.2. The summed E-state index contributed by atoms with van der Waals surface area (Å²) in [5.74, 6) is -0.869. The first-order valence-corrected chi connectivity index (χ1v) is 12.2. The molecule has 2 aromatic carbocycles. The van der Waals surface area contributed by atoms with Gasteiger partial charge in [-0.2, -0.15) is 0 Å². The van der Waals surface area contributed by atoms with Gasteiger partial charge in [0.25, 0.3) is 11.7 Å². The van der Waals surface area contributed by atoms with E-state index in [1.807, 2.05) is 36.4 Å². The molecule has 186 valence electrons. The maximum absolute atomic E-state index is 13.2. The lowest BCUT2D eigenvalue weighted by atomic mass is 9.96. The number of carbonyl (C=O) groups is 2. The number of aliphatic hydroxyl groups is 1. The molecule has 1 aromatic heterocycles. The number of aromatic nitrogens is 1. The number of ketones is 1. The van der Waals surface area contributed by atoms with E-state index in [4.69, 9.17) is 4.74 Å². The molecule has 0 bridgehead atoms. The van der Waals surface area contributed by atoms with Crippen LogP contribution in [-0.4, -0.2) is 57.8 Å². The fraction of sp³-hybridized carbons (Fsp3) is 0.276. The monoisotopic (exact) mass is 485 g/mol. The Morgan fingerprint density at radius 3 is 2.36 bits per heavy atom. The number of benzene rings is 2. The van der Waals surface area contributed by atoms with E-state index in [-0.39, 0.29) is 11.3 Å². The van der Waals surface area contributed by atoms with Crippen LogP contribution in [-0.2, 0) is 16.2 Å². The van der Waals surface area contributed by atoms with Crippen LogP contribution in [0.5, 0.6) is 5.75 Å². The van der Waals surface area contributed by atoms with Crippen LogP contribution in [0.15, 0.2) is 84.7 Å². The van der Waals surface area contributed by atoms with Crippen LogP contribution in [0.3, 0.4) is 0 Å². The van der Waals surface area contributed by atoms with Gasteiger partial charge in [0.2, 0.25) is 0 Å². The lowest BCUT2D eigenvalue weighted by Gasteiger charge is -2.28. The molecule has 4 rings (SSSR count). The first-order chi connectivity index (χ1) is 17.5. The summed E-state index contributed by atoms with van der Waals surface area (Å²) in [6.07, 6.45) is 3.27. The molecule has 1 atom stereocenters. The molecule has 7 nitrogen and oxygen atoms in total. The van der Waals surface area contributed by atoms with Crippen molar-refractivity contribution in [3.63, 3.8) is 0 Å². The van der Waals surface area contributed by atoms with Crippen LogP contribution in [0, 0.1) is 0 Å². The number of hydrogen-bond acceptors (Lipinski definition) is 6. The van der Waals surface area contributed by atoms with Gasteiger partial charge in [0, 0.05) is 31.0 Å². The number of amides is 1. The highest BCUT2D eigenvalue weighted by Gasteiger charge is 2.46. The van der Waals surface area contributed by atoms with Crippen molar-refractivity contribution >= 4 is 17.4 Å². The molecule has 2 heterocycles. The number of pyridine rings is 1. The Kier molecular flexibility index (Phi) is 8.13. The van der Waals surface area contributed by atoms with Crippen molar-refractivity contribution in [2.24, 2.45) is 0 Å². The lowest BCUT2D eigenvalue weighted by molar-refractivity contribution is -0.140. The van der Waals surface area contributed by atoms with E-state index in [9.17, 15) is 14.7 Å². The minimum atomic E-state index is -0.705. The molecule has 3 aromatic rings. The average Bonchev–Trinajstić information content (AvgIpc) is 3.18. The van der Waals surface area contributed by atoms with Crippen molar-refractivity contribution < 1.29 is 19.4 Å². The molecule has 0 spiro atoms. The number of hydrogen-bond donors (Lipinski definition) is 1. The number of likely N-dealkylation sites (tertiary alicyclic amines) is 1. The highest BCUT2D eigenvalue weighted by Crippen LogP contribution is 2.39. The SMILES string of the molecule is CCN(CC)CCN1C(=O)C(=O)/C(=C(\O)c2ccc(OCc3ccccc3)cc2)C1c1cccnc1.